The number of nitrogens with one attached hydrogen (secondary N) is 2. The van der Waals surface area contributed by atoms with Gasteiger partial charge in [0.2, 0.25) is 0 Å². The van der Waals surface area contributed by atoms with E-state index < -0.39 is 23.4 Å². The summed E-state index contributed by atoms with van der Waals surface area (Å²) in [4.78, 5) is 34.6. The molecule has 1 aromatic rings. The summed E-state index contributed by atoms with van der Waals surface area (Å²) in [5, 5.41) is 8.39. The minimum Gasteiger partial charge on any atom is -0.469 e. The third-order valence-electron chi connectivity index (χ3n) is 2.94. The maximum Gasteiger partial charge on any atom is 0.322 e. The second kappa shape index (κ2) is 4.71. The van der Waals surface area contributed by atoms with E-state index in [-0.39, 0.29) is 18.5 Å². The molecule has 2 heterocycles. The van der Waals surface area contributed by atoms with Crippen molar-refractivity contribution in [2.24, 2.45) is 0 Å². The molecule has 1 aromatic heterocycles. The number of ether oxygens (including phenoxy) is 1. The second-order valence-corrected chi connectivity index (χ2v) is 4.21. The molecule has 1 atom stereocenters. The number of aryl methyl sites for hydroxylation is 1. The van der Waals surface area contributed by atoms with Crippen LogP contribution in [0.5, 0.6) is 0 Å². The zero-order valence-corrected chi connectivity index (χ0v) is 10.5. The van der Waals surface area contributed by atoms with Gasteiger partial charge in [0, 0.05) is 12.5 Å². The number of esters is 1. The number of imide groups is 1. The topological polar surface area (TPSA) is 111 Å². The fourth-order valence-electron chi connectivity index (χ4n) is 1.94. The summed E-state index contributed by atoms with van der Waals surface area (Å²) in [6, 6.07) is 0.915. The summed E-state index contributed by atoms with van der Waals surface area (Å²) in [6.45, 7) is 1.67. The van der Waals surface area contributed by atoms with Gasteiger partial charge in [-0.05, 0) is 13.3 Å². The lowest BCUT2D eigenvalue weighted by Crippen LogP contribution is -2.44. The van der Waals surface area contributed by atoms with Gasteiger partial charge < -0.3 is 14.6 Å². The molecule has 0 aromatic carbocycles. The lowest BCUT2D eigenvalue weighted by Gasteiger charge is -2.22. The Balaban J connectivity index is 2.31. The van der Waals surface area contributed by atoms with Crippen LogP contribution < -0.4 is 10.6 Å². The Labute approximate surface area is 108 Å². The molecule has 8 heteroatoms. The summed E-state index contributed by atoms with van der Waals surface area (Å²) < 4.78 is 9.45. The molecule has 102 valence electrons. The monoisotopic (exact) mass is 267 g/mol. The van der Waals surface area contributed by atoms with Crippen molar-refractivity contribution >= 4 is 17.9 Å². The first-order valence-corrected chi connectivity index (χ1v) is 5.62. The van der Waals surface area contributed by atoms with Gasteiger partial charge in [-0.15, -0.1) is 0 Å². The number of aromatic nitrogens is 1. The van der Waals surface area contributed by atoms with Crippen LogP contribution in [0, 0.1) is 6.92 Å². The fraction of sp³-hybridized carbons (Fsp3) is 0.455. The minimum absolute atomic E-state index is 0.0316. The summed E-state index contributed by atoms with van der Waals surface area (Å²) in [7, 11) is 1.25. The molecule has 2 N–H and O–H groups in total. The van der Waals surface area contributed by atoms with Crippen LogP contribution in [-0.4, -0.2) is 30.2 Å². The predicted octanol–water partition coefficient (Wildman–Crippen LogP) is -0.0291. The number of hydrogen-bond donors (Lipinski definition) is 2. The SMILES string of the molecule is COC(=O)CCC1(c2cc(C)on2)NC(=O)NC1=O. The van der Waals surface area contributed by atoms with Crippen molar-refractivity contribution in [1.82, 2.24) is 15.8 Å². The molecule has 3 amide bonds. The average Bonchev–Trinajstić information content (AvgIpc) is 2.91. The van der Waals surface area contributed by atoms with Crippen molar-refractivity contribution in [3.63, 3.8) is 0 Å². The van der Waals surface area contributed by atoms with Crippen LogP contribution in [0.2, 0.25) is 0 Å². The molecular formula is C11H13N3O5. The van der Waals surface area contributed by atoms with Gasteiger partial charge in [0.05, 0.1) is 7.11 Å². The minimum atomic E-state index is -1.39. The van der Waals surface area contributed by atoms with Crippen LogP contribution >= 0.6 is 0 Å². The van der Waals surface area contributed by atoms with Crippen molar-refractivity contribution < 1.29 is 23.6 Å². The number of methoxy groups -OCH3 is 1. The second-order valence-electron chi connectivity index (χ2n) is 4.21. The van der Waals surface area contributed by atoms with Crippen molar-refractivity contribution in [2.75, 3.05) is 7.11 Å². The number of carbonyl (C=O) groups excluding carboxylic acids is 3. The van der Waals surface area contributed by atoms with Gasteiger partial charge in [0.15, 0.2) is 5.54 Å². The van der Waals surface area contributed by atoms with Crippen LogP contribution in [0.25, 0.3) is 0 Å². The molecule has 0 aliphatic carbocycles. The lowest BCUT2D eigenvalue weighted by molar-refractivity contribution is -0.141. The third-order valence-corrected chi connectivity index (χ3v) is 2.94. The number of nitrogens with zero attached hydrogens (tertiary/aromatic N) is 1. The highest BCUT2D eigenvalue weighted by atomic mass is 16.5. The van der Waals surface area contributed by atoms with Gasteiger partial charge in [-0.2, -0.15) is 0 Å². The van der Waals surface area contributed by atoms with E-state index >= 15 is 0 Å². The van der Waals surface area contributed by atoms with Gasteiger partial charge in [0.25, 0.3) is 5.91 Å². The predicted molar refractivity (Wildman–Crippen MR) is 60.8 cm³/mol. The Kier molecular flexibility index (Phi) is 3.24. The molecule has 2 rings (SSSR count). The van der Waals surface area contributed by atoms with E-state index in [4.69, 9.17) is 4.52 Å². The van der Waals surface area contributed by atoms with Crippen LogP contribution in [-0.2, 0) is 19.9 Å². The molecule has 19 heavy (non-hydrogen) atoms. The standard InChI is InChI=1S/C11H13N3O5/c1-6-5-7(14-19-6)11(4-3-8(15)18-2)9(16)12-10(17)13-11/h5H,3-4H2,1-2H3,(H2,12,13,16,17). The fourth-order valence-corrected chi connectivity index (χ4v) is 1.94. The zero-order valence-electron chi connectivity index (χ0n) is 10.5. The molecule has 0 spiro atoms. The Morgan fingerprint density at radius 1 is 1.53 bits per heavy atom. The van der Waals surface area contributed by atoms with Crippen molar-refractivity contribution in [2.45, 2.75) is 25.3 Å². The summed E-state index contributed by atoms with van der Waals surface area (Å²) in [5.41, 5.74) is -1.12. The Morgan fingerprint density at radius 3 is 2.74 bits per heavy atom. The average molecular weight is 267 g/mol. The number of rotatable bonds is 4. The van der Waals surface area contributed by atoms with Crippen molar-refractivity contribution in [3.8, 4) is 0 Å². The maximum absolute atomic E-state index is 12.0. The molecule has 0 radical (unpaired) electrons. The summed E-state index contributed by atoms with van der Waals surface area (Å²) >= 11 is 0. The van der Waals surface area contributed by atoms with Crippen LogP contribution in [0.3, 0.4) is 0 Å². The Morgan fingerprint density at radius 2 is 2.26 bits per heavy atom. The molecule has 1 unspecified atom stereocenters. The Hall–Kier alpha value is -2.38. The van der Waals surface area contributed by atoms with Crippen LogP contribution in [0.15, 0.2) is 10.6 Å². The first kappa shape index (κ1) is 13.1. The lowest BCUT2D eigenvalue weighted by atomic mass is 9.89. The highest BCUT2D eigenvalue weighted by Crippen LogP contribution is 2.29. The van der Waals surface area contributed by atoms with Gasteiger partial charge in [-0.1, -0.05) is 5.16 Å². The molecule has 1 saturated heterocycles. The van der Waals surface area contributed by atoms with Gasteiger partial charge in [-0.3, -0.25) is 14.9 Å². The first-order valence-electron chi connectivity index (χ1n) is 5.62. The zero-order chi connectivity index (χ0) is 14.0. The van der Waals surface area contributed by atoms with Crippen molar-refractivity contribution in [1.29, 1.82) is 0 Å². The third kappa shape index (κ3) is 2.28. The highest BCUT2D eigenvalue weighted by Gasteiger charge is 2.49. The largest absolute Gasteiger partial charge is 0.469 e. The molecule has 1 aliphatic rings. The van der Waals surface area contributed by atoms with E-state index in [0.29, 0.717) is 5.76 Å². The van der Waals surface area contributed by atoms with E-state index in [2.05, 4.69) is 20.5 Å². The van der Waals surface area contributed by atoms with E-state index in [0.717, 1.165) is 0 Å². The quantitative estimate of drug-likeness (QED) is 0.585. The van der Waals surface area contributed by atoms with E-state index in [9.17, 15) is 14.4 Å². The molecule has 0 bridgehead atoms. The summed E-state index contributed by atoms with van der Waals surface area (Å²) in [5.74, 6) is -0.537. The highest BCUT2D eigenvalue weighted by molar-refractivity contribution is 6.07. The van der Waals surface area contributed by atoms with E-state index in [1.807, 2.05) is 0 Å². The van der Waals surface area contributed by atoms with Gasteiger partial charge in [0.1, 0.15) is 11.5 Å². The van der Waals surface area contributed by atoms with Gasteiger partial charge in [-0.25, -0.2) is 4.79 Å². The molecule has 0 saturated carbocycles. The molecule has 1 aliphatic heterocycles. The molecular weight excluding hydrogens is 254 g/mol. The summed E-state index contributed by atoms with van der Waals surface area (Å²) in [6.07, 6.45) is 0.0132. The molecule has 8 nitrogen and oxygen atoms in total. The smallest absolute Gasteiger partial charge is 0.322 e. The number of urea groups is 1. The molecule has 1 fully saturated rings. The van der Waals surface area contributed by atoms with Crippen LogP contribution in [0.1, 0.15) is 24.3 Å². The van der Waals surface area contributed by atoms with Gasteiger partial charge >= 0.3 is 12.0 Å². The van der Waals surface area contributed by atoms with E-state index in [1.54, 1.807) is 13.0 Å². The first-order chi connectivity index (χ1) is 8.98. The number of carbonyl (C=O) groups is 3. The van der Waals surface area contributed by atoms with Crippen LogP contribution in [0.4, 0.5) is 4.79 Å². The Bertz CT molecular complexity index is 538. The number of amides is 3. The maximum atomic E-state index is 12.0. The van der Waals surface area contributed by atoms with E-state index in [1.165, 1.54) is 7.11 Å². The normalized spacial score (nSPS) is 22.0. The number of hydrogen-bond acceptors (Lipinski definition) is 6. The van der Waals surface area contributed by atoms with Crippen molar-refractivity contribution in [3.05, 3.63) is 17.5 Å².